The summed E-state index contributed by atoms with van der Waals surface area (Å²) >= 11 is 0. The van der Waals surface area contributed by atoms with Gasteiger partial charge in [-0.1, -0.05) is 13.8 Å². The van der Waals surface area contributed by atoms with Gasteiger partial charge < -0.3 is 20.4 Å². The van der Waals surface area contributed by atoms with Crippen molar-refractivity contribution in [3.8, 4) is 0 Å². The number of carbonyl (C=O) groups excluding carboxylic acids is 1. The van der Waals surface area contributed by atoms with Gasteiger partial charge in [-0.15, -0.1) is 0 Å². The number of carboxylic acids is 2. The minimum absolute atomic E-state index is 0.185. The SMILES string of the molecule is CC1(C)CCN(C(=O)N[C@H](CC(=O)O)C(=O)O)CC1. The van der Waals surface area contributed by atoms with Crippen LogP contribution in [0.4, 0.5) is 4.79 Å². The van der Waals surface area contributed by atoms with Crippen molar-refractivity contribution in [2.24, 2.45) is 5.41 Å². The van der Waals surface area contributed by atoms with Gasteiger partial charge in [0.05, 0.1) is 6.42 Å². The molecule has 0 aromatic carbocycles. The molecule has 3 N–H and O–H groups in total. The first-order chi connectivity index (χ1) is 8.71. The van der Waals surface area contributed by atoms with Crippen LogP contribution in [0.2, 0.25) is 0 Å². The van der Waals surface area contributed by atoms with Crippen LogP contribution in [0.3, 0.4) is 0 Å². The van der Waals surface area contributed by atoms with Crippen molar-refractivity contribution < 1.29 is 24.6 Å². The van der Waals surface area contributed by atoms with E-state index in [9.17, 15) is 14.4 Å². The lowest BCUT2D eigenvalue weighted by molar-refractivity contribution is -0.145. The zero-order valence-electron chi connectivity index (χ0n) is 11.2. The Kier molecular flexibility index (Phi) is 4.74. The maximum absolute atomic E-state index is 11.9. The summed E-state index contributed by atoms with van der Waals surface area (Å²) in [5, 5.41) is 19.7. The van der Waals surface area contributed by atoms with Gasteiger partial charge in [0.2, 0.25) is 0 Å². The molecular formula is C12H20N2O5. The molecule has 1 rings (SSSR count). The minimum Gasteiger partial charge on any atom is -0.481 e. The van der Waals surface area contributed by atoms with Gasteiger partial charge >= 0.3 is 18.0 Å². The van der Waals surface area contributed by atoms with Gasteiger partial charge in [0.15, 0.2) is 0 Å². The van der Waals surface area contributed by atoms with Crippen LogP contribution in [-0.4, -0.2) is 52.2 Å². The van der Waals surface area contributed by atoms with Crippen molar-refractivity contribution >= 4 is 18.0 Å². The first-order valence-electron chi connectivity index (χ1n) is 6.21. The lowest BCUT2D eigenvalue weighted by atomic mass is 9.83. The van der Waals surface area contributed by atoms with E-state index in [0.29, 0.717) is 13.1 Å². The second-order valence-corrected chi connectivity index (χ2v) is 5.59. The Bertz CT molecular complexity index is 370. The molecule has 1 heterocycles. The summed E-state index contributed by atoms with van der Waals surface area (Å²) in [5.74, 6) is -2.60. The molecule has 1 saturated heterocycles. The van der Waals surface area contributed by atoms with Crippen molar-refractivity contribution in [3.05, 3.63) is 0 Å². The first-order valence-corrected chi connectivity index (χ1v) is 6.21. The van der Waals surface area contributed by atoms with Crippen LogP contribution in [-0.2, 0) is 9.59 Å². The van der Waals surface area contributed by atoms with Gasteiger partial charge in [-0.3, -0.25) is 4.79 Å². The van der Waals surface area contributed by atoms with Gasteiger partial charge in [0.25, 0.3) is 0 Å². The zero-order valence-corrected chi connectivity index (χ0v) is 11.2. The third-order valence-corrected chi connectivity index (χ3v) is 3.38. The van der Waals surface area contributed by atoms with E-state index in [0.717, 1.165) is 12.8 Å². The topological polar surface area (TPSA) is 107 Å². The number of likely N-dealkylation sites (tertiary alicyclic amines) is 1. The van der Waals surface area contributed by atoms with Crippen LogP contribution >= 0.6 is 0 Å². The van der Waals surface area contributed by atoms with Crippen molar-refractivity contribution in [3.63, 3.8) is 0 Å². The molecule has 2 amide bonds. The lowest BCUT2D eigenvalue weighted by Crippen LogP contribution is -2.51. The monoisotopic (exact) mass is 272 g/mol. The summed E-state index contributed by atoms with van der Waals surface area (Å²) in [4.78, 5) is 34.8. The second-order valence-electron chi connectivity index (χ2n) is 5.59. The summed E-state index contributed by atoms with van der Waals surface area (Å²) in [6.45, 7) is 5.34. The van der Waals surface area contributed by atoms with Crippen molar-refractivity contribution in [2.45, 2.75) is 39.2 Å². The highest BCUT2D eigenvalue weighted by atomic mass is 16.4. The average molecular weight is 272 g/mol. The minimum atomic E-state index is -1.39. The second kappa shape index (κ2) is 5.90. The number of amides is 2. The highest BCUT2D eigenvalue weighted by molar-refractivity contribution is 5.86. The van der Waals surface area contributed by atoms with Crippen molar-refractivity contribution in [2.75, 3.05) is 13.1 Å². The molecule has 0 spiro atoms. The van der Waals surface area contributed by atoms with Crippen LogP contribution in [0.5, 0.6) is 0 Å². The Morgan fingerprint density at radius 2 is 1.74 bits per heavy atom. The Balaban J connectivity index is 2.53. The summed E-state index contributed by atoms with van der Waals surface area (Å²) in [6.07, 6.45) is 1.06. The van der Waals surface area contributed by atoms with E-state index in [1.807, 2.05) is 0 Å². The maximum atomic E-state index is 11.9. The molecule has 7 heteroatoms. The predicted molar refractivity (Wildman–Crippen MR) is 66.8 cm³/mol. The fourth-order valence-electron chi connectivity index (χ4n) is 1.93. The molecule has 0 aromatic heterocycles. The van der Waals surface area contributed by atoms with E-state index < -0.39 is 30.4 Å². The average Bonchev–Trinajstić information content (AvgIpc) is 2.27. The first kappa shape index (κ1) is 15.3. The Labute approximate surface area is 111 Å². The highest BCUT2D eigenvalue weighted by Crippen LogP contribution is 2.29. The largest absolute Gasteiger partial charge is 0.481 e. The number of hydrogen-bond acceptors (Lipinski definition) is 3. The van der Waals surface area contributed by atoms with Crippen LogP contribution in [0, 0.1) is 5.41 Å². The molecule has 1 atom stereocenters. The molecule has 0 saturated carbocycles. The maximum Gasteiger partial charge on any atom is 0.326 e. The number of piperidine rings is 1. The molecule has 0 aliphatic carbocycles. The van der Waals surface area contributed by atoms with Gasteiger partial charge in [-0.05, 0) is 18.3 Å². The molecule has 0 bridgehead atoms. The molecule has 7 nitrogen and oxygen atoms in total. The number of rotatable bonds is 4. The van der Waals surface area contributed by atoms with E-state index in [1.165, 1.54) is 4.90 Å². The number of hydrogen-bond donors (Lipinski definition) is 3. The fourth-order valence-corrected chi connectivity index (χ4v) is 1.93. The molecule has 1 aliphatic rings. The molecule has 0 radical (unpaired) electrons. The van der Waals surface area contributed by atoms with E-state index >= 15 is 0 Å². The van der Waals surface area contributed by atoms with Gasteiger partial charge in [-0.2, -0.15) is 0 Å². The zero-order chi connectivity index (χ0) is 14.6. The number of urea groups is 1. The normalized spacial score (nSPS) is 19.6. The van der Waals surface area contributed by atoms with Crippen LogP contribution in [0.1, 0.15) is 33.1 Å². The van der Waals surface area contributed by atoms with Crippen LogP contribution in [0.25, 0.3) is 0 Å². The Hall–Kier alpha value is -1.79. The van der Waals surface area contributed by atoms with E-state index in [4.69, 9.17) is 10.2 Å². The number of aliphatic carboxylic acids is 2. The van der Waals surface area contributed by atoms with E-state index in [-0.39, 0.29) is 5.41 Å². The van der Waals surface area contributed by atoms with Crippen molar-refractivity contribution in [1.29, 1.82) is 0 Å². The van der Waals surface area contributed by atoms with Gasteiger partial charge in [0, 0.05) is 13.1 Å². The van der Waals surface area contributed by atoms with Crippen molar-refractivity contribution in [1.82, 2.24) is 10.2 Å². The molecule has 19 heavy (non-hydrogen) atoms. The fraction of sp³-hybridized carbons (Fsp3) is 0.750. The van der Waals surface area contributed by atoms with Crippen LogP contribution in [0.15, 0.2) is 0 Å². The number of nitrogens with one attached hydrogen (secondary N) is 1. The predicted octanol–water partition coefficient (Wildman–Crippen LogP) is 0.746. The number of nitrogens with zero attached hydrogens (tertiary/aromatic N) is 1. The quantitative estimate of drug-likeness (QED) is 0.700. The standard InChI is InChI=1S/C12H20N2O5/c1-12(2)3-5-14(6-4-12)11(19)13-8(10(17)18)7-9(15)16/h8H,3-7H2,1-2H3,(H,13,19)(H,15,16)(H,17,18)/t8-/m1/s1. The molecule has 0 unspecified atom stereocenters. The third kappa shape index (κ3) is 4.76. The van der Waals surface area contributed by atoms with Gasteiger partial charge in [0.1, 0.15) is 6.04 Å². The molecule has 108 valence electrons. The summed E-state index contributed by atoms with van der Waals surface area (Å²) in [6, 6.07) is -1.90. The Morgan fingerprint density at radius 3 is 2.16 bits per heavy atom. The molecule has 0 aromatic rings. The van der Waals surface area contributed by atoms with Gasteiger partial charge in [-0.25, -0.2) is 9.59 Å². The molecule has 1 aliphatic heterocycles. The summed E-state index contributed by atoms with van der Waals surface area (Å²) in [7, 11) is 0. The highest BCUT2D eigenvalue weighted by Gasteiger charge is 2.30. The summed E-state index contributed by atoms with van der Waals surface area (Å²) in [5.41, 5.74) is 0.185. The van der Waals surface area contributed by atoms with E-state index in [1.54, 1.807) is 0 Å². The number of carbonyl (C=O) groups is 3. The lowest BCUT2D eigenvalue weighted by Gasteiger charge is -2.37. The smallest absolute Gasteiger partial charge is 0.326 e. The van der Waals surface area contributed by atoms with Crippen LogP contribution < -0.4 is 5.32 Å². The number of carboxylic acid groups (broad SMARTS) is 2. The third-order valence-electron chi connectivity index (χ3n) is 3.38. The van der Waals surface area contributed by atoms with E-state index in [2.05, 4.69) is 19.2 Å². The summed E-state index contributed by atoms with van der Waals surface area (Å²) < 4.78 is 0. The Morgan fingerprint density at radius 1 is 1.21 bits per heavy atom. The molecule has 1 fully saturated rings. The molecular weight excluding hydrogens is 252 g/mol.